The number of carbonyl (C=O) groups excluding carboxylic acids is 1. The summed E-state index contributed by atoms with van der Waals surface area (Å²) in [6.45, 7) is 0.0839. The van der Waals surface area contributed by atoms with E-state index in [4.69, 9.17) is 4.74 Å². The zero-order valence-corrected chi connectivity index (χ0v) is 15.9. The lowest BCUT2D eigenvalue weighted by molar-refractivity contribution is -0.392. The number of nitro groups is 1. The summed E-state index contributed by atoms with van der Waals surface area (Å²) in [5, 5.41) is 12.1. The van der Waals surface area contributed by atoms with Crippen molar-refractivity contribution < 1.29 is 14.5 Å². The van der Waals surface area contributed by atoms with Gasteiger partial charge in [0.1, 0.15) is 19.3 Å². The monoisotopic (exact) mass is 402 g/mol. The van der Waals surface area contributed by atoms with Crippen molar-refractivity contribution in [2.45, 2.75) is 6.54 Å². The summed E-state index contributed by atoms with van der Waals surface area (Å²) in [4.78, 5) is 30.4. The van der Waals surface area contributed by atoms with E-state index in [1.807, 2.05) is 60.7 Å². The molecule has 2 heterocycles. The summed E-state index contributed by atoms with van der Waals surface area (Å²) in [5.41, 5.74) is 2.21. The number of benzene rings is 2. The van der Waals surface area contributed by atoms with Gasteiger partial charge in [-0.1, -0.05) is 48.5 Å². The van der Waals surface area contributed by atoms with Gasteiger partial charge in [-0.25, -0.2) is 14.3 Å². The topological polar surface area (TPSA) is 103 Å². The summed E-state index contributed by atoms with van der Waals surface area (Å²) in [6, 6.07) is 17.0. The first-order valence-corrected chi connectivity index (χ1v) is 9.30. The van der Waals surface area contributed by atoms with E-state index in [-0.39, 0.29) is 19.0 Å². The van der Waals surface area contributed by atoms with Crippen LogP contribution in [0.15, 0.2) is 67.0 Å². The van der Waals surface area contributed by atoms with Crippen LogP contribution in [0.1, 0.15) is 21.7 Å². The molecule has 4 aromatic rings. The van der Waals surface area contributed by atoms with Gasteiger partial charge in [-0.2, -0.15) is 0 Å². The smallest absolute Gasteiger partial charge is 0.343 e. The van der Waals surface area contributed by atoms with E-state index in [9.17, 15) is 14.9 Å². The largest absolute Gasteiger partial charge is 0.458 e. The van der Waals surface area contributed by atoms with Crippen molar-refractivity contribution in [3.05, 3.63) is 94.1 Å². The fourth-order valence-electron chi connectivity index (χ4n) is 3.17. The molecule has 0 aliphatic rings. The van der Waals surface area contributed by atoms with E-state index in [0.29, 0.717) is 11.4 Å². The number of para-hydroxylation sites is 1. The summed E-state index contributed by atoms with van der Waals surface area (Å²) in [6.07, 6.45) is 6.32. The lowest BCUT2D eigenvalue weighted by Gasteiger charge is -2.05. The third-order valence-electron chi connectivity index (χ3n) is 4.63. The van der Waals surface area contributed by atoms with E-state index >= 15 is 0 Å². The number of aromatic nitrogens is 3. The van der Waals surface area contributed by atoms with Gasteiger partial charge in [0.25, 0.3) is 0 Å². The maximum atomic E-state index is 12.4. The van der Waals surface area contributed by atoms with Gasteiger partial charge in [-0.3, -0.25) is 0 Å². The summed E-state index contributed by atoms with van der Waals surface area (Å²) >= 11 is 0. The Morgan fingerprint density at radius 1 is 1.13 bits per heavy atom. The number of esters is 1. The van der Waals surface area contributed by atoms with E-state index in [1.165, 1.54) is 10.8 Å². The maximum absolute atomic E-state index is 12.4. The highest BCUT2D eigenvalue weighted by molar-refractivity contribution is 6.03. The number of carbonyl (C=O) groups is 1. The first-order valence-electron chi connectivity index (χ1n) is 9.30. The van der Waals surface area contributed by atoms with Gasteiger partial charge in [0.05, 0.1) is 5.56 Å². The minimum atomic E-state index is -0.506. The van der Waals surface area contributed by atoms with Crippen LogP contribution in [0.25, 0.3) is 23.1 Å². The Morgan fingerprint density at radius 3 is 2.70 bits per heavy atom. The molecule has 8 heteroatoms. The van der Waals surface area contributed by atoms with Crippen LogP contribution in [-0.2, 0) is 11.3 Å². The fourth-order valence-corrected chi connectivity index (χ4v) is 3.17. The van der Waals surface area contributed by atoms with Crippen LogP contribution in [0.5, 0.6) is 0 Å². The number of aromatic amines is 1. The Bertz CT molecular complexity index is 1220. The third-order valence-corrected chi connectivity index (χ3v) is 4.63. The Kier molecular flexibility index (Phi) is 5.38. The molecule has 0 spiro atoms. The quantitative estimate of drug-likeness (QED) is 0.282. The second-order valence-electron chi connectivity index (χ2n) is 6.51. The predicted molar refractivity (Wildman–Crippen MR) is 113 cm³/mol. The van der Waals surface area contributed by atoms with Crippen LogP contribution in [0.4, 0.5) is 5.82 Å². The normalized spacial score (nSPS) is 11.2. The second kappa shape index (κ2) is 8.44. The van der Waals surface area contributed by atoms with Crippen molar-refractivity contribution in [3.63, 3.8) is 0 Å². The number of imidazole rings is 1. The van der Waals surface area contributed by atoms with Crippen molar-refractivity contribution in [2.75, 3.05) is 6.61 Å². The van der Waals surface area contributed by atoms with Gasteiger partial charge < -0.3 is 19.8 Å². The molecular formula is C22H18N4O4. The number of H-pyrrole nitrogens is 1. The first kappa shape index (κ1) is 19.1. The highest BCUT2D eigenvalue weighted by atomic mass is 16.6. The predicted octanol–water partition coefficient (Wildman–Crippen LogP) is 4.30. The number of fused-ring (bicyclic) bond motifs is 1. The van der Waals surface area contributed by atoms with Gasteiger partial charge >= 0.3 is 11.8 Å². The van der Waals surface area contributed by atoms with Crippen LogP contribution in [0.3, 0.4) is 0 Å². The fraction of sp³-hybridized carbons (Fsp3) is 0.0909. The van der Waals surface area contributed by atoms with Crippen molar-refractivity contribution in [2.24, 2.45) is 0 Å². The average molecular weight is 402 g/mol. The number of hydrogen-bond donors (Lipinski definition) is 1. The first-order chi connectivity index (χ1) is 14.6. The number of ether oxygens (including phenoxy) is 1. The molecule has 0 saturated heterocycles. The SMILES string of the molecule is O=C(OCCn1c([N+](=O)[O-])cnc1/C=C\c1ccccc1)c1c[nH]c2ccccc12. The minimum absolute atomic E-state index is 0.0261. The van der Waals surface area contributed by atoms with Crippen LogP contribution >= 0.6 is 0 Å². The molecule has 1 N–H and O–H groups in total. The minimum Gasteiger partial charge on any atom is -0.458 e. The van der Waals surface area contributed by atoms with Crippen molar-refractivity contribution in [1.82, 2.24) is 14.5 Å². The molecular weight excluding hydrogens is 384 g/mol. The second-order valence-corrected chi connectivity index (χ2v) is 6.51. The molecule has 0 aliphatic heterocycles. The molecule has 0 aliphatic carbocycles. The lowest BCUT2D eigenvalue weighted by Crippen LogP contribution is -2.13. The summed E-state index contributed by atoms with van der Waals surface area (Å²) in [7, 11) is 0. The third kappa shape index (κ3) is 3.97. The van der Waals surface area contributed by atoms with Crippen molar-refractivity contribution in [1.29, 1.82) is 0 Å². The number of nitrogens with one attached hydrogen (secondary N) is 1. The molecule has 0 amide bonds. The molecule has 2 aromatic carbocycles. The summed E-state index contributed by atoms with van der Waals surface area (Å²) < 4.78 is 6.78. The zero-order valence-electron chi connectivity index (χ0n) is 15.9. The molecule has 30 heavy (non-hydrogen) atoms. The standard InChI is InChI=1S/C22H18N4O4/c27-22(18-14-23-19-9-5-4-8-17(18)19)30-13-12-25-20(24-15-21(25)26(28)29)11-10-16-6-2-1-3-7-16/h1-11,14-15,23H,12-13H2/b11-10-. The van der Waals surface area contributed by atoms with Gasteiger partial charge in [-0.05, 0) is 22.6 Å². The molecule has 4 rings (SSSR count). The molecule has 0 unspecified atom stereocenters. The Labute approximate surface area is 171 Å². The Hall–Kier alpha value is -4.20. The maximum Gasteiger partial charge on any atom is 0.343 e. The average Bonchev–Trinajstić information content (AvgIpc) is 3.37. The Morgan fingerprint density at radius 2 is 1.90 bits per heavy atom. The molecule has 8 nitrogen and oxygen atoms in total. The molecule has 0 radical (unpaired) electrons. The Balaban J connectivity index is 1.48. The zero-order chi connectivity index (χ0) is 20.9. The van der Waals surface area contributed by atoms with Gasteiger partial charge in [0.15, 0.2) is 0 Å². The molecule has 0 fully saturated rings. The molecule has 0 bridgehead atoms. The highest BCUT2D eigenvalue weighted by Crippen LogP contribution is 2.19. The number of hydrogen-bond acceptors (Lipinski definition) is 5. The number of nitrogens with zero attached hydrogens (tertiary/aromatic N) is 3. The van der Waals surface area contributed by atoms with E-state index in [2.05, 4.69) is 9.97 Å². The molecule has 2 aromatic heterocycles. The molecule has 0 atom stereocenters. The lowest BCUT2D eigenvalue weighted by atomic mass is 10.2. The molecule has 0 saturated carbocycles. The van der Waals surface area contributed by atoms with Crippen LogP contribution in [-0.4, -0.2) is 32.0 Å². The van der Waals surface area contributed by atoms with Crippen LogP contribution in [0.2, 0.25) is 0 Å². The van der Waals surface area contributed by atoms with E-state index < -0.39 is 10.9 Å². The van der Waals surface area contributed by atoms with Gasteiger partial charge in [0, 0.05) is 23.2 Å². The summed E-state index contributed by atoms with van der Waals surface area (Å²) in [5.74, 6) is -0.240. The number of rotatable bonds is 7. The van der Waals surface area contributed by atoms with E-state index in [1.54, 1.807) is 12.3 Å². The van der Waals surface area contributed by atoms with Crippen LogP contribution < -0.4 is 0 Å². The highest BCUT2D eigenvalue weighted by Gasteiger charge is 2.20. The van der Waals surface area contributed by atoms with Crippen molar-refractivity contribution >= 4 is 34.8 Å². The van der Waals surface area contributed by atoms with Gasteiger partial charge in [0.2, 0.25) is 5.82 Å². The van der Waals surface area contributed by atoms with Crippen molar-refractivity contribution in [3.8, 4) is 0 Å². The van der Waals surface area contributed by atoms with Gasteiger partial charge in [-0.15, -0.1) is 0 Å². The molecule has 150 valence electrons. The van der Waals surface area contributed by atoms with E-state index in [0.717, 1.165) is 16.5 Å². The van der Waals surface area contributed by atoms with Crippen LogP contribution in [0, 0.1) is 10.1 Å².